The lowest BCUT2D eigenvalue weighted by Gasteiger charge is -2.09. The molecule has 0 spiro atoms. The molecule has 0 aliphatic rings. The van der Waals surface area contributed by atoms with Crippen LogP contribution in [0.15, 0.2) is 4.99 Å². The van der Waals surface area contributed by atoms with E-state index in [4.69, 9.17) is 11.5 Å². The molecule has 0 aromatic carbocycles. The summed E-state index contributed by atoms with van der Waals surface area (Å²) in [6.45, 7) is 1.39. The van der Waals surface area contributed by atoms with Crippen molar-refractivity contribution in [2.75, 3.05) is 27.2 Å². The molecule has 0 heterocycles. The predicted molar refractivity (Wildman–Crippen MR) is 43.8 cm³/mol. The van der Waals surface area contributed by atoms with Gasteiger partial charge in [-0.15, -0.1) is 0 Å². The number of aliphatic imine (C=N–C) groups is 1. The molecule has 0 amide bonds. The highest BCUT2D eigenvalue weighted by molar-refractivity contribution is 5.77. The normalized spacial score (nSPS) is 11.7. The molecular weight excluding hydrogens is 128 g/mol. The molecule has 60 valence electrons. The van der Waals surface area contributed by atoms with Crippen molar-refractivity contribution < 1.29 is 0 Å². The van der Waals surface area contributed by atoms with Crippen LogP contribution in [0, 0.1) is 0 Å². The first kappa shape index (κ1) is 9.23. The van der Waals surface area contributed by atoms with Crippen molar-refractivity contribution in [3.63, 3.8) is 0 Å². The zero-order valence-electron chi connectivity index (χ0n) is 6.67. The van der Waals surface area contributed by atoms with E-state index in [1.54, 1.807) is 4.90 Å². The van der Waals surface area contributed by atoms with Gasteiger partial charge in [0.25, 0.3) is 0 Å². The van der Waals surface area contributed by atoms with Crippen LogP contribution in [-0.2, 0) is 0 Å². The number of rotatable bonds is 3. The second-order valence-corrected chi connectivity index (χ2v) is 2.28. The molecule has 0 aromatic heterocycles. The van der Waals surface area contributed by atoms with Crippen LogP contribution < -0.4 is 11.5 Å². The monoisotopic (exact) mass is 144 g/mol. The summed E-state index contributed by atoms with van der Waals surface area (Å²) in [7, 11) is 3.72. The molecule has 0 radical (unpaired) electrons. The van der Waals surface area contributed by atoms with Gasteiger partial charge in [0.15, 0.2) is 5.96 Å². The summed E-state index contributed by atoms with van der Waals surface area (Å²) in [5, 5.41) is 0. The van der Waals surface area contributed by atoms with E-state index in [0.29, 0.717) is 12.5 Å². The zero-order chi connectivity index (χ0) is 7.98. The number of hydrogen-bond acceptors (Lipinski definition) is 2. The molecule has 0 bridgehead atoms. The minimum absolute atomic E-state index is 0.563. The molecule has 0 saturated heterocycles. The lowest BCUT2D eigenvalue weighted by molar-refractivity contribution is 0.608. The SMILES string of the molecule is CN(C)C(N)=NCCCN. The highest BCUT2D eigenvalue weighted by atomic mass is 15.2. The molecule has 10 heavy (non-hydrogen) atoms. The Labute approximate surface area is 61.9 Å². The van der Waals surface area contributed by atoms with Gasteiger partial charge in [-0.3, -0.25) is 4.99 Å². The van der Waals surface area contributed by atoms with E-state index in [1.807, 2.05) is 14.1 Å². The number of guanidine groups is 1. The first-order valence-corrected chi connectivity index (χ1v) is 3.35. The second kappa shape index (κ2) is 5.05. The Morgan fingerprint density at radius 2 is 2.10 bits per heavy atom. The molecule has 0 saturated carbocycles. The second-order valence-electron chi connectivity index (χ2n) is 2.28. The Morgan fingerprint density at radius 3 is 2.50 bits per heavy atom. The molecule has 0 rings (SSSR count). The highest BCUT2D eigenvalue weighted by Crippen LogP contribution is 1.79. The Bertz CT molecular complexity index is 108. The molecule has 0 atom stereocenters. The minimum atomic E-state index is 0.563. The van der Waals surface area contributed by atoms with E-state index in [0.717, 1.165) is 13.0 Å². The van der Waals surface area contributed by atoms with Gasteiger partial charge in [-0.25, -0.2) is 0 Å². The van der Waals surface area contributed by atoms with Crippen LogP contribution in [0.4, 0.5) is 0 Å². The molecule has 4 nitrogen and oxygen atoms in total. The first-order chi connectivity index (χ1) is 4.68. The molecule has 4 N–H and O–H groups in total. The van der Waals surface area contributed by atoms with Crippen molar-refractivity contribution >= 4 is 5.96 Å². The molecule has 0 aromatic rings. The third-order valence-electron chi connectivity index (χ3n) is 1.09. The maximum Gasteiger partial charge on any atom is 0.190 e. The van der Waals surface area contributed by atoms with Gasteiger partial charge in [-0.05, 0) is 13.0 Å². The molecule has 0 aliphatic carbocycles. The molecule has 0 fully saturated rings. The molecular formula is C6H16N4. The van der Waals surface area contributed by atoms with E-state index < -0.39 is 0 Å². The summed E-state index contributed by atoms with van der Waals surface area (Å²) in [6, 6.07) is 0. The summed E-state index contributed by atoms with van der Waals surface area (Å²) < 4.78 is 0. The smallest absolute Gasteiger partial charge is 0.190 e. The van der Waals surface area contributed by atoms with Gasteiger partial charge >= 0.3 is 0 Å². The number of nitrogens with two attached hydrogens (primary N) is 2. The van der Waals surface area contributed by atoms with E-state index in [-0.39, 0.29) is 0 Å². The molecule has 4 heteroatoms. The molecule has 0 aliphatic heterocycles. The van der Waals surface area contributed by atoms with Crippen LogP contribution in [0.5, 0.6) is 0 Å². The van der Waals surface area contributed by atoms with Crippen molar-refractivity contribution in [1.29, 1.82) is 0 Å². The largest absolute Gasteiger partial charge is 0.370 e. The summed E-state index contributed by atoms with van der Waals surface area (Å²) in [5.74, 6) is 0.563. The van der Waals surface area contributed by atoms with E-state index in [9.17, 15) is 0 Å². The summed E-state index contributed by atoms with van der Waals surface area (Å²) >= 11 is 0. The fourth-order valence-electron chi connectivity index (χ4n) is 0.426. The van der Waals surface area contributed by atoms with Crippen molar-refractivity contribution in [1.82, 2.24) is 4.90 Å². The summed E-state index contributed by atoms with van der Waals surface area (Å²) in [4.78, 5) is 5.83. The van der Waals surface area contributed by atoms with Crippen molar-refractivity contribution in [3.8, 4) is 0 Å². The maximum absolute atomic E-state index is 5.49. The van der Waals surface area contributed by atoms with E-state index in [1.165, 1.54) is 0 Å². The predicted octanol–water partition coefficient (Wildman–Crippen LogP) is -0.788. The van der Waals surface area contributed by atoms with Gasteiger partial charge in [0, 0.05) is 20.6 Å². The average Bonchev–Trinajstić information content (AvgIpc) is 1.88. The van der Waals surface area contributed by atoms with Crippen molar-refractivity contribution in [3.05, 3.63) is 0 Å². The minimum Gasteiger partial charge on any atom is -0.370 e. The number of nitrogens with zero attached hydrogens (tertiary/aromatic N) is 2. The fraction of sp³-hybridized carbons (Fsp3) is 0.833. The van der Waals surface area contributed by atoms with Crippen LogP contribution in [-0.4, -0.2) is 38.0 Å². The lowest BCUT2D eigenvalue weighted by atomic mass is 10.4. The quantitative estimate of drug-likeness (QED) is 0.310. The number of hydrogen-bond donors (Lipinski definition) is 2. The first-order valence-electron chi connectivity index (χ1n) is 3.35. The maximum atomic E-state index is 5.49. The van der Waals surface area contributed by atoms with Gasteiger partial charge in [0.1, 0.15) is 0 Å². The van der Waals surface area contributed by atoms with E-state index >= 15 is 0 Å². The average molecular weight is 144 g/mol. The third kappa shape index (κ3) is 4.14. The molecule has 0 unspecified atom stereocenters. The summed E-state index contributed by atoms with van der Waals surface area (Å²) in [5.41, 5.74) is 10.8. The van der Waals surface area contributed by atoms with Crippen LogP contribution in [0.25, 0.3) is 0 Å². The topological polar surface area (TPSA) is 67.6 Å². The highest BCUT2D eigenvalue weighted by Gasteiger charge is 1.90. The fourth-order valence-corrected chi connectivity index (χ4v) is 0.426. The van der Waals surface area contributed by atoms with Gasteiger partial charge in [-0.2, -0.15) is 0 Å². The van der Waals surface area contributed by atoms with Gasteiger partial charge < -0.3 is 16.4 Å². The van der Waals surface area contributed by atoms with Gasteiger partial charge in [0.2, 0.25) is 0 Å². The van der Waals surface area contributed by atoms with Crippen LogP contribution >= 0.6 is 0 Å². The van der Waals surface area contributed by atoms with Crippen molar-refractivity contribution in [2.45, 2.75) is 6.42 Å². The Balaban J connectivity index is 3.48. The zero-order valence-corrected chi connectivity index (χ0v) is 6.67. The van der Waals surface area contributed by atoms with Crippen LogP contribution in [0.3, 0.4) is 0 Å². The van der Waals surface area contributed by atoms with Gasteiger partial charge in [0.05, 0.1) is 0 Å². The van der Waals surface area contributed by atoms with E-state index in [2.05, 4.69) is 4.99 Å². The van der Waals surface area contributed by atoms with Crippen molar-refractivity contribution in [2.24, 2.45) is 16.5 Å². The van der Waals surface area contributed by atoms with Crippen LogP contribution in [0.1, 0.15) is 6.42 Å². The Kier molecular flexibility index (Phi) is 4.66. The lowest BCUT2D eigenvalue weighted by Crippen LogP contribution is -2.30. The van der Waals surface area contributed by atoms with Crippen LogP contribution in [0.2, 0.25) is 0 Å². The standard InChI is InChI=1S/C6H16N4/c1-10(2)6(8)9-5-3-4-7/h3-5,7H2,1-2H3,(H2,8,9). The Morgan fingerprint density at radius 1 is 1.50 bits per heavy atom. The third-order valence-corrected chi connectivity index (χ3v) is 1.09. The van der Waals surface area contributed by atoms with Gasteiger partial charge in [-0.1, -0.05) is 0 Å². The summed E-state index contributed by atoms with van der Waals surface area (Å²) in [6.07, 6.45) is 0.897. The Hall–Kier alpha value is -0.770.